The highest BCUT2D eigenvalue weighted by Crippen LogP contribution is 2.25. The van der Waals surface area contributed by atoms with Gasteiger partial charge in [0.25, 0.3) is 5.91 Å². The first-order chi connectivity index (χ1) is 8.89. The number of nitrogens with one attached hydrogen (secondary N) is 1. The van der Waals surface area contributed by atoms with Gasteiger partial charge in [0.1, 0.15) is 11.4 Å². The second-order valence-electron chi connectivity index (χ2n) is 4.81. The fourth-order valence-corrected chi connectivity index (χ4v) is 2.03. The first kappa shape index (κ1) is 13.3. The molecule has 0 aromatic heterocycles. The fourth-order valence-electron chi connectivity index (χ4n) is 2.03. The van der Waals surface area contributed by atoms with E-state index in [4.69, 9.17) is 5.73 Å². The Kier molecular flexibility index (Phi) is 3.18. The summed E-state index contributed by atoms with van der Waals surface area (Å²) in [4.78, 5) is 25.0. The maximum Gasteiger partial charge on any atom is 0.325 e. The number of nitrogens with two attached hydrogens (primary N) is 1. The summed E-state index contributed by atoms with van der Waals surface area (Å²) < 4.78 is 13.7. The van der Waals surface area contributed by atoms with Crippen molar-refractivity contribution in [2.24, 2.45) is 0 Å². The summed E-state index contributed by atoms with van der Waals surface area (Å²) in [6.45, 7) is 3.30. The standard InChI is InChI=1S/C13H16FN3O2/c1-3-13(2)11(18)17(12(19)16-13)7-8-9(14)5-4-6-10(8)15/h4-6H,3,7,15H2,1-2H3,(H,16,19). The molecule has 102 valence electrons. The molecule has 1 fully saturated rings. The minimum atomic E-state index is -0.920. The maximum absolute atomic E-state index is 13.7. The van der Waals surface area contributed by atoms with Crippen LogP contribution < -0.4 is 11.1 Å². The Bertz CT molecular complexity index is 526. The first-order valence-corrected chi connectivity index (χ1v) is 6.06. The highest BCUT2D eigenvalue weighted by atomic mass is 19.1. The lowest BCUT2D eigenvalue weighted by molar-refractivity contribution is -0.131. The molecule has 3 N–H and O–H groups in total. The van der Waals surface area contributed by atoms with E-state index in [2.05, 4.69) is 5.32 Å². The van der Waals surface area contributed by atoms with Crippen molar-refractivity contribution in [1.29, 1.82) is 0 Å². The van der Waals surface area contributed by atoms with Crippen LogP contribution in [0.5, 0.6) is 0 Å². The summed E-state index contributed by atoms with van der Waals surface area (Å²) >= 11 is 0. The van der Waals surface area contributed by atoms with Crippen molar-refractivity contribution >= 4 is 17.6 Å². The Morgan fingerprint density at radius 1 is 1.42 bits per heavy atom. The van der Waals surface area contributed by atoms with Crippen LogP contribution in [0.25, 0.3) is 0 Å². The number of anilines is 1. The van der Waals surface area contributed by atoms with Crippen molar-refractivity contribution < 1.29 is 14.0 Å². The van der Waals surface area contributed by atoms with Gasteiger partial charge in [-0.2, -0.15) is 0 Å². The molecule has 0 radical (unpaired) electrons. The number of carbonyl (C=O) groups excluding carboxylic acids is 2. The zero-order valence-electron chi connectivity index (χ0n) is 10.9. The van der Waals surface area contributed by atoms with E-state index in [0.29, 0.717) is 6.42 Å². The van der Waals surface area contributed by atoms with Crippen LogP contribution >= 0.6 is 0 Å². The predicted octanol–water partition coefficient (Wildman–Crippen LogP) is 1.63. The van der Waals surface area contributed by atoms with E-state index in [1.54, 1.807) is 13.8 Å². The highest BCUT2D eigenvalue weighted by molar-refractivity contribution is 6.06. The number of nitrogen functional groups attached to an aromatic ring is 1. The zero-order chi connectivity index (χ0) is 14.2. The third-order valence-electron chi connectivity index (χ3n) is 3.52. The van der Waals surface area contributed by atoms with E-state index >= 15 is 0 Å². The van der Waals surface area contributed by atoms with E-state index in [-0.39, 0.29) is 23.7 Å². The van der Waals surface area contributed by atoms with Gasteiger partial charge in [-0.1, -0.05) is 13.0 Å². The first-order valence-electron chi connectivity index (χ1n) is 6.06. The Morgan fingerprint density at radius 2 is 2.11 bits per heavy atom. The van der Waals surface area contributed by atoms with Gasteiger partial charge in [0.05, 0.1) is 6.54 Å². The molecule has 1 heterocycles. The van der Waals surface area contributed by atoms with Gasteiger partial charge in [-0.3, -0.25) is 9.69 Å². The molecule has 0 aliphatic carbocycles. The number of hydrogen-bond acceptors (Lipinski definition) is 3. The summed E-state index contributed by atoms with van der Waals surface area (Å²) in [5.74, 6) is -0.881. The lowest BCUT2D eigenvalue weighted by atomic mass is 9.99. The van der Waals surface area contributed by atoms with Crippen molar-refractivity contribution in [2.75, 3.05) is 5.73 Å². The molecule has 0 spiro atoms. The summed E-state index contributed by atoms with van der Waals surface area (Å²) in [5, 5.41) is 2.61. The molecule has 1 aromatic rings. The Labute approximate surface area is 110 Å². The highest BCUT2D eigenvalue weighted by Gasteiger charge is 2.46. The largest absolute Gasteiger partial charge is 0.398 e. The van der Waals surface area contributed by atoms with E-state index in [9.17, 15) is 14.0 Å². The Balaban J connectivity index is 2.30. The van der Waals surface area contributed by atoms with Gasteiger partial charge in [0.15, 0.2) is 0 Å². The Morgan fingerprint density at radius 3 is 2.63 bits per heavy atom. The monoisotopic (exact) mass is 265 g/mol. The molecule has 3 amide bonds. The van der Waals surface area contributed by atoms with Crippen LogP contribution in [0.15, 0.2) is 18.2 Å². The summed E-state index contributed by atoms with van der Waals surface area (Å²) in [5.41, 5.74) is 5.15. The molecule has 1 saturated heterocycles. The SMILES string of the molecule is CCC1(C)NC(=O)N(Cc2c(N)cccc2F)C1=O. The van der Waals surface area contributed by atoms with Crippen LogP contribution in [0.1, 0.15) is 25.8 Å². The third kappa shape index (κ3) is 2.14. The van der Waals surface area contributed by atoms with Crippen molar-refractivity contribution in [2.45, 2.75) is 32.4 Å². The molecule has 5 nitrogen and oxygen atoms in total. The summed E-state index contributed by atoms with van der Waals surface area (Å²) in [6, 6.07) is 3.76. The van der Waals surface area contributed by atoms with Gasteiger partial charge < -0.3 is 11.1 Å². The van der Waals surface area contributed by atoms with Crippen LogP contribution in [-0.4, -0.2) is 22.4 Å². The van der Waals surface area contributed by atoms with Gasteiger partial charge in [0.2, 0.25) is 0 Å². The molecule has 1 aliphatic rings. The summed E-state index contributed by atoms with van der Waals surface area (Å²) in [6.07, 6.45) is 0.473. The number of rotatable bonds is 3. The molecule has 2 rings (SSSR count). The molecule has 0 saturated carbocycles. The van der Waals surface area contributed by atoms with E-state index in [1.807, 2.05) is 0 Å². The smallest absolute Gasteiger partial charge is 0.325 e. The van der Waals surface area contributed by atoms with Crippen LogP contribution in [-0.2, 0) is 11.3 Å². The average Bonchev–Trinajstić information content (AvgIpc) is 2.57. The van der Waals surface area contributed by atoms with Gasteiger partial charge in [0, 0.05) is 11.3 Å². The number of amides is 3. The number of urea groups is 1. The van der Waals surface area contributed by atoms with Crippen molar-refractivity contribution in [3.8, 4) is 0 Å². The number of hydrogen-bond donors (Lipinski definition) is 2. The number of benzene rings is 1. The van der Waals surface area contributed by atoms with Gasteiger partial charge in [-0.15, -0.1) is 0 Å². The van der Waals surface area contributed by atoms with Crippen LogP contribution in [0.3, 0.4) is 0 Å². The third-order valence-corrected chi connectivity index (χ3v) is 3.52. The number of nitrogens with zero attached hydrogens (tertiary/aromatic N) is 1. The molecule has 1 aromatic carbocycles. The van der Waals surface area contributed by atoms with Crippen LogP contribution in [0.4, 0.5) is 14.9 Å². The van der Waals surface area contributed by atoms with Crippen molar-refractivity contribution in [1.82, 2.24) is 10.2 Å². The number of imide groups is 1. The average molecular weight is 265 g/mol. The van der Waals surface area contributed by atoms with Gasteiger partial charge >= 0.3 is 6.03 Å². The molecule has 6 heteroatoms. The zero-order valence-corrected chi connectivity index (χ0v) is 10.9. The maximum atomic E-state index is 13.7. The topological polar surface area (TPSA) is 75.4 Å². The molecular formula is C13H16FN3O2. The summed E-state index contributed by atoms with van der Waals surface area (Å²) in [7, 11) is 0. The quantitative estimate of drug-likeness (QED) is 0.644. The van der Waals surface area contributed by atoms with E-state index in [1.165, 1.54) is 18.2 Å². The second-order valence-corrected chi connectivity index (χ2v) is 4.81. The fraction of sp³-hybridized carbons (Fsp3) is 0.385. The van der Waals surface area contributed by atoms with Crippen LogP contribution in [0, 0.1) is 5.82 Å². The van der Waals surface area contributed by atoms with Gasteiger partial charge in [-0.05, 0) is 25.5 Å². The Hall–Kier alpha value is -2.11. The number of carbonyl (C=O) groups is 2. The predicted molar refractivity (Wildman–Crippen MR) is 68.6 cm³/mol. The lowest BCUT2D eigenvalue weighted by Crippen LogP contribution is -2.43. The second kappa shape index (κ2) is 4.53. The van der Waals surface area contributed by atoms with Crippen molar-refractivity contribution in [3.63, 3.8) is 0 Å². The normalized spacial score (nSPS) is 22.8. The molecule has 1 unspecified atom stereocenters. The van der Waals surface area contributed by atoms with Gasteiger partial charge in [-0.25, -0.2) is 9.18 Å². The van der Waals surface area contributed by atoms with E-state index < -0.39 is 17.4 Å². The lowest BCUT2D eigenvalue weighted by Gasteiger charge is -2.19. The van der Waals surface area contributed by atoms with Crippen molar-refractivity contribution in [3.05, 3.63) is 29.6 Å². The van der Waals surface area contributed by atoms with Crippen LogP contribution in [0.2, 0.25) is 0 Å². The molecular weight excluding hydrogens is 249 g/mol. The molecule has 1 aliphatic heterocycles. The minimum Gasteiger partial charge on any atom is -0.398 e. The minimum absolute atomic E-state index is 0.154. The van der Waals surface area contributed by atoms with E-state index in [0.717, 1.165) is 4.90 Å². The molecule has 1 atom stereocenters. The number of halogens is 1. The molecule has 19 heavy (non-hydrogen) atoms. The molecule has 0 bridgehead atoms.